The van der Waals surface area contributed by atoms with Crippen LogP contribution < -0.4 is 0 Å². The van der Waals surface area contributed by atoms with Gasteiger partial charge in [0.25, 0.3) is 0 Å². The van der Waals surface area contributed by atoms with Gasteiger partial charge in [0.15, 0.2) is 0 Å². The van der Waals surface area contributed by atoms with Crippen LogP contribution in [0.15, 0.2) is 36.9 Å². The fraction of sp³-hybridized carbons (Fsp3) is 0.440. The minimum Gasteiger partial charge on any atom is -0.357 e. The fourth-order valence-electron chi connectivity index (χ4n) is 5.30. The zero-order chi connectivity index (χ0) is 24.0. The molecule has 0 amide bonds. The van der Waals surface area contributed by atoms with Crippen molar-refractivity contribution in [2.45, 2.75) is 57.2 Å². The lowest BCUT2D eigenvalue weighted by Crippen LogP contribution is -2.46. The normalized spacial score (nSPS) is 24.1. The molecule has 1 unspecified atom stereocenters. The van der Waals surface area contributed by atoms with Gasteiger partial charge in [-0.25, -0.2) is 14.2 Å². The van der Waals surface area contributed by atoms with E-state index in [0.29, 0.717) is 25.0 Å². The summed E-state index contributed by atoms with van der Waals surface area (Å²) < 4.78 is 11.5. The number of aryl methyl sites for hydroxylation is 1. The summed E-state index contributed by atoms with van der Waals surface area (Å²) >= 11 is 0. The monoisotopic (exact) mass is 467 g/mol. The van der Waals surface area contributed by atoms with Gasteiger partial charge in [-0.05, 0) is 51.2 Å². The quantitative estimate of drug-likeness (QED) is 0.434. The standard InChI is InChI=1S/C25H25N9O/c1-17-10-20(31-34(17)23-4-2-3-9-35-23)21-16-32-22(5-8-28-32)24(30-21)19-14-29-33(15-19)25(6-7-26)11-18(12-25)13-27/h5,8,10,14-16,18,23H,2-4,6,9,11-12H2,1H3/t18-,23?,25-. The second-order valence-electron chi connectivity index (χ2n) is 9.54. The SMILES string of the molecule is Cc1cc(-c2cn3nccc3c(-c3cnn([C@]4(CC#N)C[C@@H](C#N)C4)c3)n2)nn1C1CCCCO1. The highest BCUT2D eigenvalue weighted by atomic mass is 16.5. The third kappa shape index (κ3) is 3.58. The van der Waals surface area contributed by atoms with Gasteiger partial charge < -0.3 is 4.74 Å². The smallest absolute Gasteiger partial charge is 0.150 e. The molecule has 176 valence electrons. The fourth-order valence-corrected chi connectivity index (χ4v) is 5.30. The van der Waals surface area contributed by atoms with Crippen molar-refractivity contribution >= 4 is 5.52 Å². The molecule has 1 saturated carbocycles. The lowest BCUT2D eigenvalue weighted by Gasteiger charge is -2.43. The molecule has 5 heterocycles. The zero-order valence-electron chi connectivity index (χ0n) is 19.5. The third-order valence-corrected chi connectivity index (χ3v) is 7.19. The Morgan fingerprint density at radius 2 is 2.06 bits per heavy atom. The molecule has 2 fully saturated rings. The summed E-state index contributed by atoms with van der Waals surface area (Å²) in [6, 6.07) is 8.53. The van der Waals surface area contributed by atoms with Crippen molar-refractivity contribution in [1.29, 1.82) is 10.5 Å². The summed E-state index contributed by atoms with van der Waals surface area (Å²) in [6.07, 6.45) is 12.1. The minimum atomic E-state index is -0.433. The van der Waals surface area contributed by atoms with Crippen LogP contribution in [0.3, 0.4) is 0 Å². The maximum absolute atomic E-state index is 9.39. The molecule has 0 radical (unpaired) electrons. The Bertz CT molecular complexity index is 1470. The van der Waals surface area contributed by atoms with Gasteiger partial charge in [-0.2, -0.15) is 25.8 Å². The van der Waals surface area contributed by atoms with E-state index in [1.54, 1.807) is 16.9 Å². The van der Waals surface area contributed by atoms with Gasteiger partial charge in [-0.3, -0.25) is 4.68 Å². The van der Waals surface area contributed by atoms with Gasteiger partial charge in [0, 0.05) is 24.1 Å². The number of rotatable bonds is 5. The minimum absolute atomic E-state index is 0.0366. The largest absolute Gasteiger partial charge is 0.357 e. The lowest BCUT2D eigenvalue weighted by atomic mass is 9.67. The Labute approximate surface area is 202 Å². The number of fused-ring (bicyclic) bond motifs is 1. The molecule has 0 N–H and O–H groups in total. The molecule has 10 heteroatoms. The Kier molecular flexibility index (Phi) is 5.12. The third-order valence-electron chi connectivity index (χ3n) is 7.19. The Balaban J connectivity index is 1.39. The molecule has 6 rings (SSSR count). The van der Waals surface area contributed by atoms with Crippen LogP contribution in [0.4, 0.5) is 0 Å². The van der Waals surface area contributed by atoms with Crippen molar-refractivity contribution in [1.82, 2.24) is 34.2 Å². The van der Waals surface area contributed by atoms with Gasteiger partial charge in [0.05, 0.1) is 59.8 Å². The first-order chi connectivity index (χ1) is 17.1. The molecule has 0 aromatic carbocycles. The van der Waals surface area contributed by atoms with E-state index < -0.39 is 5.54 Å². The predicted octanol–water partition coefficient (Wildman–Crippen LogP) is 4.01. The molecule has 4 aromatic heterocycles. The van der Waals surface area contributed by atoms with Gasteiger partial charge in [0.1, 0.15) is 17.6 Å². The molecule has 1 saturated heterocycles. The van der Waals surface area contributed by atoms with E-state index in [2.05, 4.69) is 22.3 Å². The van der Waals surface area contributed by atoms with E-state index in [-0.39, 0.29) is 12.1 Å². The summed E-state index contributed by atoms with van der Waals surface area (Å²) in [4.78, 5) is 4.98. The molecule has 4 aromatic rings. The lowest BCUT2D eigenvalue weighted by molar-refractivity contribution is -0.0405. The molecule has 0 spiro atoms. The number of hydrogen-bond acceptors (Lipinski definition) is 7. The second kappa shape index (κ2) is 8.33. The van der Waals surface area contributed by atoms with Crippen LogP contribution in [-0.2, 0) is 10.3 Å². The van der Waals surface area contributed by atoms with Gasteiger partial charge in [0.2, 0.25) is 0 Å². The Morgan fingerprint density at radius 1 is 1.17 bits per heavy atom. The van der Waals surface area contributed by atoms with Crippen molar-refractivity contribution in [3.8, 4) is 34.8 Å². The maximum atomic E-state index is 9.39. The predicted molar refractivity (Wildman–Crippen MR) is 126 cm³/mol. The van der Waals surface area contributed by atoms with Gasteiger partial charge >= 0.3 is 0 Å². The zero-order valence-corrected chi connectivity index (χ0v) is 19.5. The molecule has 10 nitrogen and oxygen atoms in total. The number of ether oxygens (including phenoxy) is 1. The first-order valence-corrected chi connectivity index (χ1v) is 11.9. The summed E-state index contributed by atoms with van der Waals surface area (Å²) in [5.41, 5.74) is 4.51. The van der Waals surface area contributed by atoms with Crippen LogP contribution in [0.5, 0.6) is 0 Å². The summed E-state index contributed by atoms with van der Waals surface area (Å²) in [7, 11) is 0. The number of nitrogens with zero attached hydrogens (tertiary/aromatic N) is 9. The van der Waals surface area contributed by atoms with Crippen LogP contribution in [0.25, 0.3) is 28.2 Å². The van der Waals surface area contributed by atoms with Crippen molar-refractivity contribution in [3.05, 3.63) is 42.6 Å². The summed E-state index contributed by atoms with van der Waals surface area (Å²) in [5.74, 6) is -0.0366. The Hall–Kier alpha value is -4.02. The van der Waals surface area contributed by atoms with Crippen LogP contribution in [0.1, 0.15) is 50.4 Å². The maximum Gasteiger partial charge on any atom is 0.150 e. The van der Waals surface area contributed by atoms with Crippen LogP contribution in [0.2, 0.25) is 0 Å². The molecule has 1 aliphatic heterocycles. The van der Waals surface area contributed by atoms with Gasteiger partial charge in [-0.1, -0.05) is 0 Å². The molecule has 1 atom stereocenters. The first-order valence-electron chi connectivity index (χ1n) is 11.9. The van der Waals surface area contributed by atoms with Crippen LogP contribution in [-0.4, -0.2) is 40.8 Å². The van der Waals surface area contributed by atoms with E-state index in [1.807, 2.05) is 40.8 Å². The van der Waals surface area contributed by atoms with Crippen molar-refractivity contribution < 1.29 is 4.74 Å². The number of nitriles is 2. The van der Waals surface area contributed by atoms with E-state index in [0.717, 1.165) is 54.0 Å². The van der Waals surface area contributed by atoms with Crippen molar-refractivity contribution in [2.24, 2.45) is 5.92 Å². The molecule has 0 bridgehead atoms. The second-order valence-corrected chi connectivity index (χ2v) is 9.54. The van der Waals surface area contributed by atoms with Crippen molar-refractivity contribution in [2.75, 3.05) is 6.61 Å². The Morgan fingerprint density at radius 3 is 2.83 bits per heavy atom. The van der Waals surface area contributed by atoms with Crippen LogP contribution >= 0.6 is 0 Å². The molecule has 35 heavy (non-hydrogen) atoms. The number of hydrogen-bond donors (Lipinski definition) is 0. The summed E-state index contributed by atoms with van der Waals surface area (Å²) in [6.45, 7) is 2.79. The topological polar surface area (TPSA) is 123 Å². The molecule has 1 aliphatic carbocycles. The number of aromatic nitrogens is 7. The highest BCUT2D eigenvalue weighted by Crippen LogP contribution is 2.46. The molecular weight excluding hydrogens is 442 g/mol. The van der Waals surface area contributed by atoms with E-state index in [1.165, 1.54) is 0 Å². The van der Waals surface area contributed by atoms with Crippen molar-refractivity contribution in [3.63, 3.8) is 0 Å². The highest BCUT2D eigenvalue weighted by Gasteiger charge is 2.46. The average Bonchev–Trinajstić information content (AvgIpc) is 3.60. The van der Waals surface area contributed by atoms with Crippen LogP contribution in [0, 0.1) is 35.5 Å². The molecule has 2 aliphatic rings. The van der Waals surface area contributed by atoms with E-state index in [9.17, 15) is 10.5 Å². The van der Waals surface area contributed by atoms with Gasteiger partial charge in [-0.15, -0.1) is 0 Å². The van der Waals surface area contributed by atoms with E-state index >= 15 is 0 Å². The van der Waals surface area contributed by atoms with E-state index in [4.69, 9.17) is 14.8 Å². The molecular formula is C25H25N9O. The highest BCUT2D eigenvalue weighted by molar-refractivity contribution is 5.78. The first kappa shape index (κ1) is 21.5. The average molecular weight is 468 g/mol. The summed E-state index contributed by atoms with van der Waals surface area (Å²) in [5, 5.41) is 32.5.